The van der Waals surface area contributed by atoms with Crippen LogP contribution in [0.1, 0.15) is 45.1 Å². The van der Waals surface area contributed by atoms with E-state index in [0.29, 0.717) is 18.2 Å². The Morgan fingerprint density at radius 3 is 2.47 bits per heavy atom. The minimum absolute atomic E-state index is 0.278. The number of hydrogen-bond donors (Lipinski definition) is 2. The molecular weight excluding hydrogens is 236 g/mol. The molecule has 0 amide bonds. The molecule has 1 aliphatic rings. The van der Waals surface area contributed by atoms with Gasteiger partial charge in [0.05, 0.1) is 6.10 Å². The highest BCUT2D eigenvalue weighted by Crippen LogP contribution is 2.35. The third-order valence-corrected chi connectivity index (χ3v) is 4.66. The van der Waals surface area contributed by atoms with Crippen LogP contribution in [0.4, 0.5) is 5.82 Å². The zero-order chi connectivity index (χ0) is 13.8. The Balaban J connectivity index is 1.88. The molecule has 0 aliphatic heterocycles. The van der Waals surface area contributed by atoms with Gasteiger partial charge in [0, 0.05) is 12.6 Å². The number of rotatable bonds is 4. The average Bonchev–Trinajstić information content (AvgIpc) is 2.41. The Labute approximate surface area is 116 Å². The second-order valence-corrected chi connectivity index (χ2v) is 6.24. The number of hydrogen-bond acceptors (Lipinski definition) is 3. The number of nitrogens with two attached hydrogens (primary N) is 1. The molecule has 1 saturated carbocycles. The number of aromatic nitrogens is 1. The first-order valence-electron chi connectivity index (χ1n) is 7.45. The van der Waals surface area contributed by atoms with Gasteiger partial charge in [-0.3, -0.25) is 0 Å². The summed E-state index contributed by atoms with van der Waals surface area (Å²) in [5, 5.41) is 10.4. The normalized spacial score (nSPS) is 25.5. The molecule has 1 atom stereocenters. The van der Waals surface area contributed by atoms with Crippen LogP contribution in [-0.4, -0.2) is 16.2 Å². The van der Waals surface area contributed by atoms with E-state index >= 15 is 0 Å². The molecule has 1 unspecified atom stereocenters. The number of pyridine rings is 1. The van der Waals surface area contributed by atoms with Crippen molar-refractivity contribution in [2.24, 2.45) is 17.8 Å². The molecule has 19 heavy (non-hydrogen) atoms. The monoisotopic (exact) mass is 262 g/mol. The van der Waals surface area contributed by atoms with Crippen LogP contribution < -0.4 is 5.73 Å². The van der Waals surface area contributed by atoms with Crippen LogP contribution in [0.2, 0.25) is 0 Å². The van der Waals surface area contributed by atoms with Crippen molar-refractivity contribution in [3.8, 4) is 0 Å². The molecule has 1 aliphatic carbocycles. The molecule has 0 spiro atoms. The van der Waals surface area contributed by atoms with Crippen molar-refractivity contribution in [1.29, 1.82) is 0 Å². The van der Waals surface area contributed by atoms with Gasteiger partial charge in [-0.25, -0.2) is 4.98 Å². The third kappa shape index (κ3) is 3.69. The lowest BCUT2D eigenvalue weighted by atomic mass is 9.74. The maximum absolute atomic E-state index is 10.4. The number of aliphatic hydroxyl groups is 1. The summed E-state index contributed by atoms with van der Waals surface area (Å²) in [6, 6.07) is 3.85. The summed E-state index contributed by atoms with van der Waals surface area (Å²) in [7, 11) is 0. The lowest BCUT2D eigenvalue weighted by Crippen LogP contribution is -2.29. The Morgan fingerprint density at radius 2 is 1.89 bits per heavy atom. The molecule has 3 nitrogen and oxygen atoms in total. The first-order chi connectivity index (χ1) is 9.08. The Bertz CT molecular complexity index is 397. The van der Waals surface area contributed by atoms with Crippen LogP contribution >= 0.6 is 0 Å². The summed E-state index contributed by atoms with van der Waals surface area (Å²) < 4.78 is 0. The molecule has 0 aromatic carbocycles. The van der Waals surface area contributed by atoms with Crippen molar-refractivity contribution in [3.63, 3.8) is 0 Å². The highest BCUT2D eigenvalue weighted by atomic mass is 16.3. The van der Waals surface area contributed by atoms with Crippen LogP contribution in [-0.2, 0) is 6.42 Å². The van der Waals surface area contributed by atoms with Crippen molar-refractivity contribution < 1.29 is 5.11 Å². The average molecular weight is 262 g/mol. The van der Waals surface area contributed by atoms with Crippen LogP contribution in [0.15, 0.2) is 18.3 Å². The van der Waals surface area contributed by atoms with Crippen molar-refractivity contribution in [2.45, 2.75) is 52.1 Å². The van der Waals surface area contributed by atoms with Gasteiger partial charge in [0.2, 0.25) is 0 Å². The van der Waals surface area contributed by atoms with E-state index in [-0.39, 0.29) is 6.10 Å². The number of nitrogen functional groups attached to an aromatic ring is 1. The quantitative estimate of drug-likeness (QED) is 0.877. The summed E-state index contributed by atoms with van der Waals surface area (Å²) in [5.74, 6) is 2.59. The predicted molar refractivity (Wildman–Crippen MR) is 78.6 cm³/mol. The fourth-order valence-corrected chi connectivity index (χ4v) is 3.21. The highest BCUT2D eigenvalue weighted by Gasteiger charge is 2.28. The summed E-state index contributed by atoms with van der Waals surface area (Å²) >= 11 is 0. The van der Waals surface area contributed by atoms with Gasteiger partial charge in [0.1, 0.15) is 5.82 Å². The fourth-order valence-electron chi connectivity index (χ4n) is 3.21. The largest absolute Gasteiger partial charge is 0.392 e. The summed E-state index contributed by atoms with van der Waals surface area (Å²) in [6.45, 7) is 4.61. The summed E-state index contributed by atoms with van der Waals surface area (Å²) in [5.41, 5.74) is 6.81. The molecule has 3 N–H and O–H groups in total. The van der Waals surface area contributed by atoms with E-state index in [0.717, 1.165) is 30.2 Å². The smallest absolute Gasteiger partial charge is 0.126 e. The minimum Gasteiger partial charge on any atom is -0.392 e. The Kier molecular flexibility index (Phi) is 4.81. The molecule has 2 rings (SSSR count). The van der Waals surface area contributed by atoms with E-state index in [1.165, 1.54) is 12.8 Å². The molecule has 106 valence electrons. The Morgan fingerprint density at radius 1 is 1.26 bits per heavy atom. The van der Waals surface area contributed by atoms with Gasteiger partial charge in [-0.05, 0) is 55.1 Å². The first-order valence-corrected chi connectivity index (χ1v) is 7.45. The van der Waals surface area contributed by atoms with E-state index in [1.807, 2.05) is 12.1 Å². The van der Waals surface area contributed by atoms with Gasteiger partial charge in [-0.15, -0.1) is 0 Å². The van der Waals surface area contributed by atoms with E-state index in [1.54, 1.807) is 6.20 Å². The Hall–Kier alpha value is -1.09. The number of nitrogens with zero attached hydrogens (tertiary/aromatic N) is 1. The fraction of sp³-hybridized carbons (Fsp3) is 0.688. The molecule has 0 saturated heterocycles. The molecule has 1 fully saturated rings. The van der Waals surface area contributed by atoms with E-state index in [4.69, 9.17) is 5.73 Å². The lowest BCUT2D eigenvalue weighted by Gasteiger charge is -2.33. The predicted octanol–water partition coefficient (Wildman–Crippen LogP) is 3.03. The van der Waals surface area contributed by atoms with Crippen LogP contribution in [0.3, 0.4) is 0 Å². The van der Waals surface area contributed by atoms with E-state index in [9.17, 15) is 5.11 Å². The molecule has 1 aromatic rings. The summed E-state index contributed by atoms with van der Waals surface area (Å²) in [6.07, 6.45) is 6.84. The maximum atomic E-state index is 10.4. The van der Waals surface area contributed by atoms with Crippen molar-refractivity contribution in [3.05, 3.63) is 23.9 Å². The second kappa shape index (κ2) is 6.38. The molecule has 3 heteroatoms. The van der Waals surface area contributed by atoms with E-state index < -0.39 is 0 Å². The minimum atomic E-state index is -0.278. The van der Waals surface area contributed by atoms with Gasteiger partial charge < -0.3 is 10.8 Å². The molecule has 0 bridgehead atoms. The molecule has 0 radical (unpaired) electrons. The van der Waals surface area contributed by atoms with Gasteiger partial charge in [0.25, 0.3) is 0 Å². The molecule has 1 aromatic heterocycles. The van der Waals surface area contributed by atoms with Crippen LogP contribution in [0.5, 0.6) is 0 Å². The van der Waals surface area contributed by atoms with Crippen LogP contribution in [0, 0.1) is 17.8 Å². The van der Waals surface area contributed by atoms with Gasteiger partial charge >= 0.3 is 0 Å². The molecular formula is C16H26N2O. The van der Waals surface area contributed by atoms with Crippen molar-refractivity contribution in [2.75, 3.05) is 5.73 Å². The molecule has 1 heterocycles. The zero-order valence-electron chi connectivity index (χ0n) is 12.0. The van der Waals surface area contributed by atoms with E-state index in [2.05, 4.69) is 18.8 Å². The zero-order valence-corrected chi connectivity index (χ0v) is 12.0. The SMILES string of the molecule is CC(C)C1CCC(C(O)Cc2cccnc2N)CC1. The van der Waals surface area contributed by atoms with Gasteiger partial charge in [-0.1, -0.05) is 19.9 Å². The van der Waals surface area contributed by atoms with Crippen molar-refractivity contribution in [1.82, 2.24) is 4.98 Å². The second-order valence-electron chi connectivity index (χ2n) is 6.24. The van der Waals surface area contributed by atoms with Crippen molar-refractivity contribution >= 4 is 5.82 Å². The number of aliphatic hydroxyl groups excluding tert-OH is 1. The topological polar surface area (TPSA) is 59.1 Å². The third-order valence-electron chi connectivity index (χ3n) is 4.66. The lowest BCUT2D eigenvalue weighted by molar-refractivity contribution is 0.0676. The summed E-state index contributed by atoms with van der Waals surface area (Å²) in [4.78, 5) is 4.08. The highest BCUT2D eigenvalue weighted by molar-refractivity contribution is 5.38. The standard InChI is InChI=1S/C16H26N2O/c1-11(2)12-5-7-13(8-6-12)15(19)10-14-4-3-9-18-16(14)17/h3-4,9,11-13,15,19H,5-8,10H2,1-2H3,(H2,17,18). The van der Waals surface area contributed by atoms with Gasteiger partial charge in [0.15, 0.2) is 0 Å². The van der Waals surface area contributed by atoms with Crippen LogP contribution in [0.25, 0.3) is 0 Å². The maximum Gasteiger partial charge on any atom is 0.126 e. The van der Waals surface area contributed by atoms with Gasteiger partial charge in [-0.2, -0.15) is 0 Å². The number of anilines is 1. The first kappa shape index (κ1) is 14.3.